The van der Waals surface area contributed by atoms with E-state index in [2.05, 4.69) is 15.5 Å². The van der Waals surface area contributed by atoms with E-state index >= 15 is 0 Å². The number of ether oxygens (including phenoxy) is 4. The van der Waals surface area contributed by atoms with Crippen LogP contribution in [0.2, 0.25) is 0 Å². The van der Waals surface area contributed by atoms with Crippen LogP contribution in [0, 0.1) is 24.2 Å². The highest BCUT2D eigenvalue weighted by Gasteiger charge is 2.59. The number of benzene rings is 2. The van der Waals surface area contributed by atoms with E-state index in [4.69, 9.17) is 33.9 Å². The topological polar surface area (TPSA) is 145 Å². The first-order valence-electron chi connectivity index (χ1n) is 15.5. The molecule has 3 fully saturated rings. The Balaban J connectivity index is 1.08. The molecular weight excluding hydrogens is 588 g/mol. The first-order valence-corrected chi connectivity index (χ1v) is 15.5. The number of rotatable bonds is 11. The number of methoxy groups -OCH3 is 2. The van der Waals surface area contributed by atoms with Crippen LogP contribution in [0.1, 0.15) is 58.0 Å². The zero-order valence-corrected chi connectivity index (χ0v) is 26.2. The Kier molecular flexibility index (Phi) is 7.74. The van der Waals surface area contributed by atoms with E-state index in [0.717, 1.165) is 67.3 Å². The van der Waals surface area contributed by atoms with Gasteiger partial charge in [0.25, 0.3) is 0 Å². The number of hydrogen-bond acceptors (Lipinski definition) is 10. The number of carboxylic acid groups (broad SMARTS) is 1. The van der Waals surface area contributed by atoms with Gasteiger partial charge in [0.15, 0.2) is 0 Å². The van der Waals surface area contributed by atoms with Crippen molar-refractivity contribution in [3.05, 3.63) is 70.4 Å². The van der Waals surface area contributed by atoms with Crippen molar-refractivity contribution < 1.29 is 28.8 Å². The number of carbonyl (C=O) groups is 1. The highest BCUT2D eigenvalue weighted by molar-refractivity contribution is 5.95. The molecule has 12 heteroatoms. The summed E-state index contributed by atoms with van der Waals surface area (Å²) in [6.45, 7) is 5.94. The maximum atomic E-state index is 11.9. The minimum atomic E-state index is -1.00. The van der Waals surface area contributed by atoms with Crippen LogP contribution in [0.4, 0.5) is 0 Å². The van der Waals surface area contributed by atoms with Gasteiger partial charge in [-0.3, -0.25) is 4.90 Å². The third-order valence-electron chi connectivity index (χ3n) is 9.65. The highest BCUT2D eigenvalue weighted by Crippen LogP contribution is 2.58. The van der Waals surface area contributed by atoms with Crippen molar-refractivity contribution in [1.82, 2.24) is 24.4 Å². The third-order valence-corrected chi connectivity index (χ3v) is 9.65. The standard InChI is InChI=1S/C34H36N6O6/c1-20-15-36-33(38-31(20)46-19-22-5-4-21(14-35)10-27(22)43-2)34-7-8-39(16-24(34)13-34)18-29-37-30-26(40(29)17-25-6-9-45-25)11-23(32(41)42)12-28(30)44-3/h4-5,10-12,15,24-25H,6-9,13,16-19H2,1-3H3,(H,41,42)/t24?,25-,34?/m0/s1. The Morgan fingerprint density at radius 3 is 2.72 bits per heavy atom. The summed E-state index contributed by atoms with van der Waals surface area (Å²) in [5, 5.41) is 18.9. The highest BCUT2D eigenvalue weighted by atomic mass is 16.5. The predicted molar refractivity (Wildman–Crippen MR) is 166 cm³/mol. The van der Waals surface area contributed by atoms with Gasteiger partial charge < -0.3 is 28.6 Å². The average molecular weight is 625 g/mol. The normalized spacial score (nSPS) is 22.0. The predicted octanol–water partition coefficient (Wildman–Crippen LogP) is 4.25. The third kappa shape index (κ3) is 5.39. The number of hydrogen-bond donors (Lipinski definition) is 1. The maximum Gasteiger partial charge on any atom is 0.335 e. The van der Waals surface area contributed by atoms with Crippen LogP contribution in [0.3, 0.4) is 0 Å². The van der Waals surface area contributed by atoms with Gasteiger partial charge in [0, 0.05) is 35.9 Å². The molecule has 2 saturated heterocycles. The fourth-order valence-corrected chi connectivity index (χ4v) is 6.78. The van der Waals surface area contributed by atoms with Crippen molar-refractivity contribution in [3.8, 4) is 23.4 Å². The molecule has 3 atom stereocenters. The second-order valence-corrected chi connectivity index (χ2v) is 12.4. The van der Waals surface area contributed by atoms with Crippen molar-refractivity contribution in [1.29, 1.82) is 5.26 Å². The molecule has 1 saturated carbocycles. The van der Waals surface area contributed by atoms with E-state index < -0.39 is 5.97 Å². The fourth-order valence-electron chi connectivity index (χ4n) is 6.78. The number of aromatic carboxylic acids is 1. The molecule has 0 radical (unpaired) electrons. The van der Waals surface area contributed by atoms with E-state index in [1.807, 2.05) is 19.2 Å². The molecule has 2 aliphatic heterocycles. The average Bonchev–Trinajstić information content (AvgIpc) is 3.68. The van der Waals surface area contributed by atoms with Crippen LogP contribution >= 0.6 is 0 Å². The van der Waals surface area contributed by atoms with E-state index in [0.29, 0.717) is 47.5 Å². The zero-order valence-electron chi connectivity index (χ0n) is 26.2. The Morgan fingerprint density at radius 1 is 1.20 bits per heavy atom. The van der Waals surface area contributed by atoms with Crippen LogP contribution < -0.4 is 14.2 Å². The van der Waals surface area contributed by atoms with Gasteiger partial charge in [-0.1, -0.05) is 6.07 Å². The van der Waals surface area contributed by atoms with E-state index in [9.17, 15) is 15.2 Å². The molecule has 2 aromatic carbocycles. The first-order chi connectivity index (χ1) is 22.3. The molecule has 0 bridgehead atoms. The molecule has 12 nitrogen and oxygen atoms in total. The van der Waals surface area contributed by atoms with Gasteiger partial charge in [-0.05, 0) is 62.9 Å². The Bertz CT molecular complexity index is 1860. The van der Waals surface area contributed by atoms with Crippen LogP contribution in [-0.2, 0) is 29.8 Å². The van der Waals surface area contributed by atoms with Crippen LogP contribution in [0.25, 0.3) is 11.0 Å². The minimum Gasteiger partial charge on any atom is -0.496 e. The molecule has 7 rings (SSSR count). The minimum absolute atomic E-state index is 0.0754. The van der Waals surface area contributed by atoms with Gasteiger partial charge in [0.1, 0.15) is 35.3 Å². The number of carboxylic acids is 1. The van der Waals surface area contributed by atoms with Crippen molar-refractivity contribution in [2.24, 2.45) is 5.92 Å². The van der Waals surface area contributed by atoms with Crippen LogP contribution in [0.5, 0.6) is 17.4 Å². The lowest BCUT2D eigenvalue weighted by Crippen LogP contribution is -2.38. The Labute approximate surface area is 266 Å². The lowest BCUT2D eigenvalue weighted by molar-refractivity contribution is -0.0592. The van der Waals surface area contributed by atoms with Gasteiger partial charge in [-0.2, -0.15) is 10.2 Å². The lowest BCUT2D eigenvalue weighted by Gasteiger charge is -2.32. The molecule has 0 spiro atoms. The van der Waals surface area contributed by atoms with Crippen LogP contribution in [-0.4, -0.2) is 75.5 Å². The van der Waals surface area contributed by atoms with E-state index in [1.165, 1.54) is 6.07 Å². The molecule has 46 heavy (non-hydrogen) atoms. The summed E-state index contributed by atoms with van der Waals surface area (Å²) in [7, 11) is 3.12. The molecule has 1 N–H and O–H groups in total. The van der Waals surface area contributed by atoms with Gasteiger partial charge in [0.05, 0.1) is 56.1 Å². The largest absolute Gasteiger partial charge is 0.496 e. The first kappa shape index (κ1) is 30.0. The van der Waals surface area contributed by atoms with Gasteiger partial charge in [-0.25, -0.2) is 14.8 Å². The number of aryl methyl sites for hydroxylation is 1. The maximum absolute atomic E-state index is 11.9. The fraction of sp³-hybridized carbons (Fsp3) is 0.441. The number of imidazole rings is 1. The van der Waals surface area contributed by atoms with Crippen molar-refractivity contribution in [2.45, 2.75) is 57.4 Å². The van der Waals surface area contributed by atoms with E-state index in [1.54, 1.807) is 32.4 Å². The SMILES string of the molecule is COc1cc(C#N)ccc1COc1nc(C23CCN(Cc4nc5c(OC)cc(C(=O)O)cc5n4C[C@@H]4CCO4)CC2C3)ncc1C. The molecule has 238 valence electrons. The van der Waals surface area contributed by atoms with Gasteiger partial charge >= 0.3 is 5.97 Å². The summed E-state index contributed by atoms with van der Waals surface area (Å²) in [5.74, 6) is 2.73. The number of fused-ring (bicyclic) bond motifs is 2. The summed E-state index contributed by atoms with van der Waals surface area (Å²) in [4.78, 5) is 28.9. The monoisotopic (exact) mass is 624 g/mol. The molecule has 2 unspecified atom stereocenters. The van der Waals surface area contributed by atoms with Crippen molar-refractivity contribution in [3.63, 3.8) is 0 Å². The summed E-state index contributed by atoms with van der Waals surface area (Å²) in [6.07, 6.45) is 4.82. The van der Waals surface area contributed by atoms with Gasteiger partial charge in [-0.15, -0.1) is 0 Å². The van der Waals surface area contributed by atoms with Crippen molar-refractivity contribution >= 4 is 17.0 Å². The molecule has 1 aliphatic carbocycles. The second kappa shape index (κ2) is 11.9. The number of nitrogens with zero attached hydrogens (tertiary/aromatic N) is 6. The lowest BCUT2D eigenvalue weighted by atomic mass is 9.94. The quantitative estimate of drug-likeness (QED) is 0.256. The van der Waals surface area contributed by atoms with Gasteiger partial charge in [0.2, 0.25) is 5.88 Å². The summed E-state index contributed by atoms with van der Waals surface area (Å²) in [5.41, 5.74) is 3.74. The number of nitriles is 1. The molecule has 2 aromatic heterocycles. The number of likely N-dealkylation sites (tertiary alicyclic amines) is 1. The second-order valence-electron chi connectivity index (χ2n) is 12.4. The summed E-state index contributed by atoms with van der Waals surface area (Å²) >= 11 is 0. The van der Waals surface area contributed by atoms with Crippen molar-refractivity contribution in [2.75, 3.05) is 33.9 Å². The molecule has 0 amide bonds. The summed E-state index contributed by atoms with van der Waals surface area (Å²) in [6, 6.07) is 10.6. The number of piperidine rings is 1. The van der Waals surface area contributed by atoms with Crippen LogP contribution in [0.15, 0.2) is 36.5 Å². The molecule has 4 heterocycles. The smallest absolute Gasteiger partial charge is 0.335 e. The number of aromatic nitrogens is 4. The molecule has 3 aliphatic rings. The summed E-state index contributed by atoms with van der Waals surface area (Å²) < 4.78 is 25.1. The Hall–Kier alpha value is -4.73. The molecule has 4 aromatic rings. The Morgan fingerprint density at radius 2 is 2.02 bits per heavy atom. The molecular formula is C34H36N6O6. The van der Waals surface area contributed by atoms with E-state index in [-0.39, 0.29) is 23.7 Å². The zero-order chi connectivity index (χ0) is 32.0.